The second-order valence-electron chi connectivity index (χ2n) is 2.62. The van der Waals surface area contributed by atoms with Crippen molar-refractivity contribution in [2.45, 2.75) is 31.1 Å². The van der Waals surface area contributed by atoms with Gasteiger partial charge in [0.25, 0.3) is 0 Å². The average Bonchev–Trinajstić information content (AvgIpc) is 1.88. The summed E-state index contributed by atoms with van der Waals surface area (Å²) < 4.78 is 0. The molecule has 1 fully saturated rings. The number of hydrogen-bond acceptors (Lipinski definition) is 1. The zero-order valence-corrected chi connectivity index (χ0v) is 6.95. The molecule has 0 aromatic carbocycles. The molecule has 1 aliphatic heterocycles. The fourth-order valence-electron chi connectivity index (χ4n) is 1.21. The standard InChI is InChI=1S/C7H14NS/c1-6-5-7(8-2)3-4-9-6/h6-7H,3-5H2,1-2H3/q-1. The summed E-state index contributed by atoms with van der Waals surface area (Å²) in [6.07, 6.45) is 2.59. The maximum absolute atomic E-state index is 4.28. The summed E-state index contributed by atoms with van der Waals surface area (Å²) in [5.74, 6) is 1.31. The lowest BCUT2D eigenvalue weighted by molar-refractivity contribution is 0.631. The zero-order valence-electron chi connectivity index (χ0n) is 6.13. The van der Waals surface area contributed by atoms with Crippen LogP contribution in [0.4, 0.5) is 0 Å². The summed E-state index contributed by atoms with van der Waals surface area (Å²) >= 11 is 2.08. The highest BCUT2D eigenvalue weighted by atomic mass is 32.2. The summed E-state index contributed by atoms with van der Waals surface area (Å²) in [6, 6.07) is 0.668. The fraction of sp³-hybridized carbons (Fsp3) is 1.00. The van der Waals surface area contributed by atoms with Gasteiger partial charge in [-0.05, 0) is 5.75 Å². The average molecular weight is 144 g/mol. The normalized spacial score (nSPS) is 36.7. The van der Waals surface area contributed by atoms with E-state index in [0.717, 1.165) is 5.25 Å². The molecular formula is C7H14NS-. The van der Waals surface area contributed by atoms with Gasteiger partial charge in [-0.3, -0.25) is 0 Å². The molecule has 0 saturated carbocycles. The first-order valence-electron chi connectivity index (χ1n) is 3.53. The monoisotopic (exact) mass is 144 g/mol. The van der Waals surface area contributed by atoms with Crippen molar-refractivity contribution in [2.75, 3.05) is 12.8 Å². The minimum Gasteiger partial charge on any atom is -0.662 e. The lowest BCUT2D eigenvalue weighted by Gasteiger charge is -2.34. The Bertz CT molecular complexity index is 85.0. The van der Waals surface area contributed by atoms with Gasteiger partial charge in [0, 0.05) is 5.25 Å². The van der Waals surface area contributed by atoms with Gasteiger partial charge >= 0.3 is 0 Å². The molecule has 0 aromatic rings. The molecule has 0 N–H and O–H groups in total. The molecule has 1 heterocycles. The van der Waals surface area contributed by atoms with Crippen LogP contribution < -0.4 is 0 Å². The number of rotatable bonds is 1. The predicted octanol–water partition coefficient (Wildman–Crippen LogP) is 2.27. The van der Waals surface area contributed by atoms with Gasteiger partial charge in [0.1, 0.15) is 0 Å². The van der Waals surface area contributed by atoms with Crippen LogP contribution in [0.3, 0.4) is 0 Å². The van der Waals surface area contributed by atoms with Crippen molar-refractivity contribution in [3.8, 4) is 0 Å². The highest BCUT2D eigenvalue weighted by Gasteiger charge is 2.11. The molecule has 1 aliphatic rings. The number of hydrogen-bond donors (Lipinski definition) is 0. The predicted molar refractivity (Wildman–Crippen MR) is 44.2 cm³/mol. The van der Waals surface area contributed by atoms with Crippen LogP contribution in [0.2, 0.25) is 0 Å². The van der Waals surface area contributed by atoms with E-state index in [1.807, 2.05) is 7.05 Å². The molecule has 0 spiro atoms. The van der Waals surface area contributed by atoms with Crippen molar-refractivity contribution in [3.63, 3.8) is 0 Å². The van der Waals surface area contributed by atoms with Gasteiger partial charge in [0.05, 0.1) is 0 Å². The van der Waals surface area contributed by atoms with Crippen molar-refractivity contribution in [1.82, 2.24) is 0 Å². The molecule has 0 radical (unpaired) electrons. The molecule has 0 bridgehead atoms. The second-order valence-corrected chi connectivity index (χ2v) is 4.16. The van der Waals surface area contributed by atoms with Crippen molar-refractivity contribution in [3.05, 3.63) is 5.32 Å². The van der Waals surface area contributed by atoms with Crippen molar-refractivity contribution in [2.24, 2.45) is 0 Å². The molecular weight excluding hydrogens is 130 g/mol. The Balaban J connectivity index is 2.23. The third kappa shape index (κ3) is 2.18. The van der Waals surface area contributed by atoms with Gasteiger partial charge in [-0.25, -0.2) is 0 Å². The number of nitrogens with zero attached hydrogens (tertiary/aromatic N) is 1. The Kier molecular flexibility index (Phi) is 2.86. The molecule has 0 amide bonds. The Morgan fingerprint density at radius 1 is 1.56 bits per heavy atom. The first-order chi connectivity index (χ1) is 4.33. The molecule has 0 aromatic heterocycles. The van der Waals surface area contributed by atoms with E-state index in [9.17, 15) is 0 Å². The van der Waals surface area contributed by atoms with Crippen LogP contribution in [0.25, 0.3) is 5.32 Å². The van der Waals surface area contributed by atoms with Crippen LogP contribution >= 0.6 is 11.8 Å². The lowest BCUT2D eigenvalue weighted by Crippen LogP contribution is -2.19. The Morgan fingerprint density at radius 3 is 2.78 bits per heavy atom. The van der Waals surface area contributed by atoms with Gasteiger partial charge < -0.3 is 5.32 Å². The van der Waals surface area contributed by atoms with E-state index < -0.39 is 0 Å². The molecule has 1 nitrogen and oxygen atoms in total. The molecule has 1 saturated heterocycles. The minimum absolute atomic E-state index is 0.668. The Labute approximate surface area is 61.6 Å². The Hall–Kier alpha value is 0.310. The quantitative estimate of drug-likeness (QED) is 0.550. The summed E-state index contributed by atoms with van der Waals surface area (Å²) in [4.78, 5) is 0. The van der Waals surface area contributed by atoms with Crippen LogP contribution in [0.1, 0.15) is 19.8 Å². The maximum Gasteiger partial charge on any atom is 0.000483 e. The van der Waals surface area contributed by atoms with E-state index in [-0.39, 0.29) is 0 Å². The molecule has 2 atom stereocenters. The van der Waals surface area contributed by atoms with E-state index in [2.05, 4.69) is 24.0 Å². The highest BCUT2D eigenvalue weighted by molar-refractivity contribution is 7.99. The van der Waals surface area contributed by atoms with Crippen LogP contribution in [0.5, 0.6) is 0 Å². The van der Waals surface area contributed by atoms with Gasteiger partial charge in [0.2, 0.25) is 0 Å². The van der Waals surface area contributed by atoms with E-state index in [1.54, 1.807) is 0 Å². The lowest BCUT2D eigenvalue weighted by atomic mass is 10.1. The van der Waals surface area contributed by atoms with Crippen LogP contribution in [0.15, 0.2) is 0 Å². The first kappa shape index (κ1) is 7.42. The molecule has 9 heavy (non-hydrogen) atoms. The van der Waals surface area contributed by atoms with E-state index in [0.29, 0.717) is 6.04 Å². The summed E-state index contributed by atoms with van der Waals surface area (Å²) in [6.45, 7) is 2.29. The zero-order chi connectivity index (χ0) is 6.69. The molecule has 0 aliphatic carbocycles. The maximum atomic E-state index is 4.28. The SMILES string of the molecule is C[N-]C1CCSC(C)C1. The largest absolute Gasteiger partial charge is 0.662 e. The van der Waals surface area contributed by atoms with Crippen molar-refractivity contribution < 1.29 is 0 Å². The fourth-order valence-corrected chi connectivity index (χ4v) is 2.38. The Morgan fingerprint density at radius 2 is 2.33 bits per heavy atom. The third-order valence-corrected chi connectivity index (χ3v) is 3.06. The van der Waals surface area contributed by atoms with Crippen LogP contribution in [-0.4, -0.2) is 24.1 Å². The van der Waals surface area contributed by atoms with Gasteiger partial charge in [-0.2, -0.15) is 18.8 Å². The van der Waals surface area contributed by atoms with Crippen LogP contribution in [0, 0.1) is 0 Å². The van der Waals surface area contributed by atoms with E-state index in [1.165, 1.54) is 18.6 Å². The molecule has 54 valence electrons. The molecule has 1 rings (SSSR count). The topological polar surface area (TPSA) is 14.1 Å². The van der Waals surface area contributed by atoms with E-state index in [4.69, 9.17) is 0 Å². The molecule has 2 heteroatoms. The minimum atomic E-state index is 0.668. The van der Waals surface area contributed by atoms with E-state index >= 15 is 0 Å². The summed E-state index contributed by atoms with van der Waals surface area (Å²) in [7, 11) is 1.94. The van der Waals surface area contributed by atoms with Crippen molar-refractivity contribution in [1.29, 1.82) is 0 Å². The summed E-state index contributed by atoms with van der Waals surface area (Å²) in [5.41, 5.74) is 0. The summed E-state index contributed by atoms with van der Waals surface area (Å²) in [5, 5.41) is 5.12. The third-order valence-electron chi connectivity index (χ3n) is 1.82. The number of thioether (sulfide) groups is 1. The van der Waals surface area contributed by atoms with Crippen LogP contribution in [-0.2, 0) is 0 Å². The molecule has 2 unspecified atom stereocenters. The van der Waals surface area contributed by atoms with Gasteiger partial charge in [0.15, 0.2) is 0 Å². The highest BCUT2D eigenvalue weighted by Crippen LogP contribution is 2.27. The van der Waals surface area contributed by atoms with Gasteiger partial charge in [-0.1, -0.05) is 19.8 Å². The van der Waals surface area contributed by atoms with Gasteiger partial charge in [-0.15, -0.1) is 6.04 Å². The van der Waals surface area contributed by atoms with Crippen molar-refractivity contribution >= 4 is 11.8 Å². The second kappa shape index (κ2) is 3.47. The smallest absolute Gasteiger partial charge is 0.000483 e. The first-order valence-corrected chi connectivity index (χ1v) is 4.58.